The van der Waals surface area contributed by atoms with Crippen LogP contribution in [0.15, 0.2) is 126 Å². The smallest absolute Gasteiger partial charge is 0.242 e. The van der Waals surface area contributed by atoms with Crippen LogP contribution >= 0.6 is 23.4 Å². The maximum Gasteiger partial charge on any atom is 0.242 e. The number of benzene rings is 5. The van der Waals surface area contributed by atoms with Gasteiger partial charge in [-0.2, -0.15) is 0 Å². The number of carbonyl (C=O) groups is 2. The van der Waals surface area contributed by atoms with Crippen molar-refractivity contribution < 1.29 is 9.59 Å². The van der Waals surface area contributed by atoms with Gasteiger partial charge in [0.1, 0.15) is 5.25 Å². The summed E-state index contributed by atoms with van der Waals surface area (Å²) in [5, 5.41) is 8.33. The molecule has 4 nitrogen and oxygen atoms in total. The van der Waals surface area contributed by atoms with E-state index < -0.39 is 5.25 Å². The van der Waals surface area contributed by atoms with Gasteiger partial charge in [0.25, 0.3) is 0 Å². The molecule has 38 heavy (non-hydrogen) atoms. The number of fused-ring (bicyclic) bond motifs is 1. The van der Waals surface area contributed by atoms with Gasteiger partial charge in [-0.15, -0.1) is 11.8 Å². The third-order valence-electron chi connectivity index (χ3n) is 6.06. The van der Waals surface area contributed by atoms with Gasteiger partial charge >= 0.3 is 0 Å². The van der Waals surface area contributed by atoms with Crippen molar-refractivity contribution in [2.45, 2.75) is 16.6 Å². The van der Waals surface area contributed by atoms with Crippen LogP contribution in [-0.4, -0.2) is 11.8 Å². The van der Waals surface area contributed by atoms with Gasteiger partial charge in [-0.1, -0.05) is 90.5 Å². The molecule has 0 aliphatic carbocycles. The Morgan fingerprint density at radius 3 is 2.16 bits per heavy atom. The molecule has 0 bridgehead atoms. The van der Waals surface area contributed by atoms with E-state index in [2.05, 4.69) is 10.6 Å². The van der Waals surface area contributed by atoms with E-state index in [1.807, 2.05) is 109 Å². The number of rotatable bonds is 8. The van der Waals surface area contributed by atoms with E-state index in [9.17, 15) is 9.59 Å². The minimum absolute atomic E-state index is 0.0992. The molecule has 0 spiro atoms. The zero-order valence-electron chi connectivity index (χ0n) is 20.4. The van der Waals surface area contributed by atoms with Crippen LogP contribution in [0.3, 0.4) is 0 Å². The van der Waals surface area contributed by atoms with E-state index in [4.69, 9.17) is 11.6 Å². The number of carbonyl (C=O) groups excluding carboxylic acids is 2. The molecular formula is C32H25ClN2O2S. The highest BCUT2D eigenvalue weighted by Crippen LogP contribution is 2.37. The van der Waals surface area contributed by atoms with E-state index in [-0.39, 0.29) is 18.2 Å². The van der Waals surface area contributed by atoms with Crippen LogP contribution in [0.5, 0.6) is 0 Å². The molecule has 0 heterocycles. The van der Waals surface area contributed by atoms with Gasteiger partial charge in [0.15, 0.2) is 0 Å². The topological polar surface area (TPSA) is 58.2 Å². The fourth-order valence-electron chi connectivity index (χ4n) is 4.18. The molecule has 2 amide bonds. The second-order valence-corrected chi connectivity index (χ2v) is 10.4. The Labute approximate surface area is 231 Å². The highest BCUT2D eigenvalue weighted by atomic mass is 35.5. The van der Waals surface area contributed by atoms with Crippen molar-refractivity contribution in [1.29, 1.82) is 0 Å². The van der Waals surface area contributed by atoms with Crippen LogP contribution in [0.1, 0.15) is 16.4 Å². The van der Waals surface area contributed by atoms with Crippen LogP contribution in [0, 0.1) is 0 Å². The highest BCUT2D eigenvalue weighted by molar-refractivity contribution is 8.00. The van der Waals surface area contributed by atoms with Crippen molar-refractivity contribution in [2.75, 3.05) is 10.6 Å². The van der Waals surface area contributed by atoms with E-state index in [0.717, 1.165) is 32.5 Å². The van der Waals surface area contributed by atoms with Crippen molar-refractivity contribution >= 4 is 57.3 Å². The van der Waals surface area contributed by atoms with E-state index in [0.29, 0.717) is 10.7 Å². The average Bonchev–Trinajstić information content (AvgIpc) is 2.94. The van der Waals surface area contributed by atoms with Gasteiger partial charge < -0.3 is 10.6 Å². The lowest BCUT2D eigenvalue weighted by Gasteiger charge is -2.18. The number of nitrogens with one attached hydrogen (secondary N) is 2. The summed E-state index contributed by atoms with van der Waals surface area (Å²) in [6.07, 6.45) is 0.262. The highest BCUT2D eigenvalue weighted by Gasteiger charge is 2.23. The van der Waals surface area contributed by atoms with Crippen LogP contribution in [0.25, 0.3) is 10.8 Å². The molecule has 0 aromatic heterocycles. The monoisotopic (exact) mass is 536 g/mol. The van der Waals surface area contributed by atoms with Gasteiger partial charge in [0.05, 0.1) is 6.42 Å². The standard InChI is InChI=1S/C32H25ClN2O2S/c33-25-15-13-22(14-16-25)21-30(36)34-26-17-19-27(20-18-26)38-31(24-8-2-1-3-9-24)32(37)35-29-12-6-10-23-7-4-5-11-28(23)29/h1-20,31H,21H2,(H,34,36)(H,35,37). The Balaban J connectivity index is 1.30. The Bertz CT molecular complexity index is 1550. The minimum Gasteiger partial charge on any atom is -0.326 e. The first-order chi connectivity index (χ1) is 18.5. The predicted octanol–water partition coefficient (Wildman–Crippen LogP) is 8.15. The van der Waals surface area contributed by atoms with Crippen molar-refractivity contribution in [1.82, 2.24) is 0 Å². The molecule has 0 aliphatic rings. The largest absolute Gasteiger partial charge is 0.326 e. The third kappa shape index (κ3) is 6.43. The summed E-state index contributed by atoms with van der Waals surface area (Å²) in [6, 6.07) is 38.4. The molecule has 0 radical (unpaired) electrons. The zero-order valence-corrected chi connectivity index (χ0v) is 22.0. The fourth-order valence-corrected chi connectivity index (χ4v) is 5.33. The van der Waals surface area contributed by atoms with Gasteiger partial charge in [-0.05, 0) is 59.0 Å². The summed E-state index contributed by atoms with van der Waals surface area (Å²) in [5.74, 6) is -0.206. The van der Waals surface area contributed by atoms with Crippen LogP contribution < -0.4 is 10.6 Å². The average molecular weight is 537 g/mol. The summed E-state index contributed by atoms with van der Waals surface area (Å²) < 4.78 is 0. The minimum atomic E-state index is -0.458. The molecule has 2 N–H and O–H groups in total. The van der Waals surface area contributed by atoms with Crippen LogP contribution in [0.4, 0.5) is 11.4 Å². The summed E-state index contributed by atoms with van der Waals surface area (Å²) in [7, 11) is 0. The quantitative estimate of drug-likeness (QED) is 0.197. The molecule has 5 aromatic carbocycles. The van der Waals surface area contributed by atoms with Crippen molar-refractivity contribution in [3.63, 3.8) is 0 Å². The third-order valence-corrected chi connectivity index (χ3v) is 7.58. The summed E-state index contributed by atoms with van der Waals surface area (Å²) in [6.45, 7) is 0. The van der Waals surface area contributed by atoms with Gasteiger partial charge in [0, 0.05) is 26.7 Å². The number of halogens is 1. The van der Waals surface area contributed by atoms with Gasteiger partial charge in [0.2, 0.25) is 11.8 Å². The first-order valence-electron chi connectivity index (χ1n) is 12.2. The maximum atomic E-state index is 13.6. The molecule has 0 fully saturated rings. The van der Waals surface area contributed by atoms with E-state index in [1.54, 1.807) is 12.1 Å². The molecule has 5 rings (SSSR count). The Morgan fingerprint density at radius 1 is 0.711 bits per heavy atom. The summed E-state index contributed by atoms with van der Waals surface area (Å²) in [4.78, 5) is 27.0. The fraction of sp³-hybridized carbons (Fsp3) is 0.0625. The zero-order chi connectivity index (χ0) is 26.3. The Morgan fingerprint density at radius 2 is 1.39 bits per heavy atom. The molecule has 5 aromatic rings. The number of thioether (sulfide) groups is 1. The number of hydrogen-bond acceptors (Lipinski definition) is 3. The van der Waals surface area contributed by atoms with Crippen molar-refractivity contribution in [2.24, 2.45) is 0 Å². The van der Waals surface area contributed by atoms with Crippen LogP contribution in [-0.2, 0) is 16.0 Å². The lowest BCUT2D eigenvalue weighted by molar-refractivity contribution is -0.116. The second-order valence-electron chi connectivity index (χ2n) is 8.80. The first kappa shape index (κ1) is 25.6. The maximum absolute atomic E-state index is 13.6. The molecular weight excluding hydrogens is 512 g/mol. The molecule has 188 valence electrons. The van der Waals surface area contributed by atoms with E-state index in [1.165, 1.54) is 11.8 Å². The summed E-state index contributed by atoms with van der Waals surface area (Å²) in [5.41, 5.74) is 3.29. The summed E-state index contributed by atoms with van der Waals surface area (Å²) >= 11 is 7.39. The Kier molecular flexibility index (Phi) is 8.07. The normalized spacial score (nSPS) is 11.6. The van der Waals surface area contributed by atoms with Crippen molar-refractivity contribution in [3.05, 3.63) is 137 Å². The molecule has 6 heteroatoms. The molecule has 1 unspecified atom stereocenters. The molecule has 0 saturated heterocycles. The van der Waals surface area contributed by atoms with Gasteiger partial charge in [-0.25, -0.2) is 0 Å². The Hall–Kier alpha value is -4.06. The van der Waals surface area contributed by atoms with Crippen molar-refractivity contribution in [3.8, 4) is 0 Å². The van der Waals surface area contributed by atoms with E-state index >= 15 is 0 Å². The predicted molar refractivity (Wildman–Crippen MR) is 158 cm³/mol. The van der Waals surface area contributed by atoms with Gasteiger partial charge in [-0.3, -0.25) is 9.59 Å². The van der Waals surface area contributed by atoms with Crippen LogP contribution in [0.2, 0.25) is 5.02 Å². The second kappa shape index (κ2) is 12.0. The number of anilines is 2. The lowest BCUT2D eigenvalue weighted by Crippen LogP contribution is -2.19. The number of hydrogen-bond donors (Lipinski definition) is 2. The lowest BCUT2D eigenvalue weighted by atomic mass is 10.1. The number of amides is 2. The molecule has 0 saturated carbocycles. The molecule has 1 atom stereocenters. The molecule has 0 aliphatic heterocycles. The first-order valence-corrected chi connectivity index (χ1v) is 13.5. The SMILES string of the molecule is O=C(Cc1ccc(Cl)cc1)Nc1ccc(SC(C(=O)Nc2cccc3ccccc23)c2ccccc2)cc1.